The zero-order valence-electron chi connectivity index (χ0n) is 15.2. The van der Waals surface area contributed by atoms with E-state index in [0.717, 1.165) is 31.8 Å². The van der Waals surface area contributed by atoms with Crippen molar-refractivity contribution in [2.45, 2.75) is 32.0 Å². The minimum atomic E-state index is -4.35. The van der Waals surface area contributed by atoms with Gasteiger partial charge in [0, 0.05) is 25.2 Å². The first-order valence-electron chi connectivity index (χ1n) is 8.78. The monoisotopic (exact) mass is 366 g/mol. The molecule has 7 heteroatoms. The number of nitrogens with zero attached hydrogens (tertiary/aromatic N) is 2. The zero-order valence-corrected chi connectivity index (χ0v) is 15.2. The lowest BCUT2D eigenvalue weighted by Crippen LogP contribution is -2.44. The van der Waals surface area contributed by atoms with Gasteiger partial charge in [0.15, 0.2) is 5.96 Å². The van der Waals surface area contributed by atoms with Crippen LogP contribution in [-0.4, -0.2) is 50.1 Å². The predicted octanol–water partition coefficient (Wildman–Crippen LogP) is 2.71. The van der Waals surface area contributed by atoms with Crippen LogP contribution < -0.4 is 10.6 Å². The van der Waals surface area contributed by atoms with Crippen molar-refractivity contribution in [1.29, 1.82) is 0 Å². The van der Waals surface area contributed by atoms with Gasteiger partial charge in [0.2, 0.25) is 0 Å². The van der Waals surface area contributed by atoms with E-state index in [1.165, 1.54) is 18.9 Å². The van der Waals surface area contributed by atoms with E-state index in [0.29, 0.717) is 24.1 Å². The number of guanidine groups is 1. The molecule has 0 aromatic heterocycles. The van der Waals surface area contributed by atoms with Crippen molar-refractivity contribution in [1.82, 2.24) is 15.5 Å². The number of rotatable bonds is 4. The topological polar surface area (TPSA) is 39.7 Å². The van der Waals surface area contributed by atoms with Crippen LogP contribution in [0.3, 0.4) is 0 Å². The Morgan fingerprint density at radius 2 is 2.15 bits per heavy atom. The molecular weight excluding hydrogens is 341 g/mol. The Balaban J connectivity index is 1.82. The van der Waals surface area contributed by atoms with E-state index in [9.17, 15) is 13.2 Å². The van der Waals surface area contributed by atoms with E-state index >= 15 is 0 Å². The van der Waals surface area contributed by atoms with Gasteiger partial charge in [-0.3, -0.25) is 9.89 Å². The van der Waals surface area contributed by atoms with E-state index < -0.39 is 11.7 Å². The van der Waals surface area contributed by atoms with Crippen molar-refractivity contribution in [3.05, 3.63) is 35.4 Å². The number of aliphatic imine (C=N–C) groups is 1. The first-order valence-corrected chi connectivity index (χ1v) is 8.78. The van der Waals surface area contributed by atoms with Crippen LogP contribution in [0.25, 0.3) is 0 Å². The van der Waals surface area contributed by atoms with Crippen LogP contribution >= 0.6 is 0 Å². The Bertz CT molecular complexity index is 673. The van der Waals surface area contributed by atoms with Gasteiger partial charge in [-0.1, -0.05) is 24.8 Å². The van der Waals surface area contributed by atoms with Gasteiger partial charge in [0.1, 0.15) is 0 Å². The molecule has 0 saturated carbocycles. The molecule has 1 atom stereocenters. The molecule has 1 saturated heterocycles. The second kappa shape index (κ2) is 9.48. The minimum absolute atomic E-state index is 0.304. The highest BCUT2D eigenvalue weighted by Crippen LogP contribution is 2.29. The molecule has 1 heterocycles. The first-order chi connectivity index (χ1) is 12.4. The van der Waals surface area contributed by atoms with Gasteiger partial charge in [-0.05, 0) is 44.1 Å². The van der Waals surface area contributed by atoms with Gasteiger partial charge in [-0.2, -0.15) is 13.2 Å². The molecule has 4 nitrogen and oxygen atoms in total. The molecule has 26 heavy (non-hydrogen) atoms. The Hall–Kier alpha value is -2.20. The molecule has 0 radical (unpaired) electrons. The lowest BCUT2D eigenvalue weighted by Gasteiger charge is -2.23. The molecule has 1 aromatic carbocycles. The third-order valence-corrected chi connectivity index (χ3v) is 4.40. The van der Waals surface area contributed by atoms with Gasteiger partial charge in [-0.25, -0.2) is 0 Å². The van der Waals surface area contributed by atoms with Gasteiger partial charge in [-0.15, -0.1) is 0 Å². The summed E-state index contributed by atoms with van der Waals surface area (Å²) in [6, 6.07) is 5.53. The number of hydrogen-bond acceptors (Lipinski definition) is 2. The van der Waals surface area contributed by atoms with Crippen LogP contribution in [0, 0.1) is 11.8 Å². The normalized spacial score (nSPS) is 18.3. The number of halogens is 3. The van der Waals surface area contributed by atoms with E-state index in [1.54, 1.807) is 13.1 Å². The molecule has 142 valence electrons. The van der Waals surface area contributed by atoms with Crippen LogP contribution in [0.15, 0.2) is 29.3 Å². The molecule has 1 unspecified atom stereocenters. The summed E-state index contributed by atoms with van der Waals surface area (Å²) in [7, 11) is 1.68. The molecule has 0 spiro atoms. The van der Waals surface area contributed by atoms with Crippen molar-refractivity contribution < 1.29 is 13.2 Å². The largest absolute Gasteiger partial charge is 0.416 e. The molecule has 2 rings (SSSR count). The molecule has 0 bridgehead atoms. The van der Waals surface area contributed by atoms with E-state index in [-0.39, 0.29) is 0 Å². The molecular formula is C19H25F3N4. The standard InChI is InChI=1S/C19H25F3N4/c1-3-26-12-6-10-17(26)14-25-18(23-2)24-11-5-8-15-7-4-9-16(13-15)19(20,21)22/h4,7,9,13,17H,3,6,10-12,14H2,1-2H3,(H2,23,24,25). The predicted molar refractivity (Wildman–Crippen MR) is 98.0 cm³/mol. The van der Waals surface area contributed by atoms with E-state index in [1.807, 2.05) is 0 Å². The first kappa shape index (κ1) is 20.1. The summed E-state index contributed by atoms with van der Waals surface area (Å²) in [4.78, 5) is 6.59. The number of likely N-dealkylation sites (N-methyl/N-ethyl adjacent to an activating group) is 1. The molecule has 2 N–H and O–H groups in total. The van der Waals surface area contributed by atoms with E-state index in [4.69, 9.17) is 0 Å². The maximum atomic E-state index is 12.7. The Kier molecular flexibility index (Phi) is 7.34. The van der Waals surface area contributed by atoms with Crippen molar-refractivity contribution in [3.63, 3.8) is 0 Å². The van der Waals surface area contributed by atoms with Crippen LogP contribution in [0.4, 0.5) is 13.2 Å². The average molecular weight is 366 g/mol. The van der Waals surface area contributed by atoms with E-state index in [2.05, 4.69) is 39.3 Å². The Morgan fingerprint density at radius 3 is 2.85 bits per heavy atom. The van der Waals surface area contributed by atoms with Gasteiger partial charge >= 0.3 is 6.18 Å². The highest BCUT2D eigenvalue weighted by molar-refractivity contribution is 5.79. The fraction of sp³-hybridized carbons (Fsp3) is 0.526. The maximum Gasteiger partial charge on any atom is 0.416 e. The van der Waals surface area contributed by atoms with Crippen LogP contribution in [-0.2, 0) is 6.18 Å². The molecule has 1 aliphatic heterocycles. The third-order valence-electron chi connectivity index (χ3n) is 4.40. The maximum absolute atomic E-state index is 12.7. The molecule has 1 aromatic rings. The average Bonchev–Trinajstić information content (AvgIpc) is 3.08. The van der Waals surface area contributed by atoms with Crippen molar-refractivity contribution in [2.24, 2.45) is 4.99 Å². The van der Waals surface area contributed by atoms with Crippen LogP contribution in [0.1, 0.15) is 30.9 Å². The van der Waals surface area contributed by atoms with Gasteiger partial charge in [0.25, 0.3) is 0 Å². The third kappa shape index (κ3) is 5.95. The van der Waals surface area contributed by atoms with Crippen LogP contribution in [0.2, 0.25) is 0 Å². The number of likely N-dealkylation sites (tertiary alicyclic amines) is 1. The highest BCUT2D eigenvalue weighted by atomic mass is 19.4. The summed E-state index contributed by atoms with van der Waals surface area (Å²) >= 11 is 0. The quantitative estimate of drug-likeness (QED) is 0.489. The molecule has 0 amide bonds. The second-order valence-corrected chi connectivity index (χ2v) is 6.11. The summed E-state index contributed by atoms with van der Waals surface area (Å²) in [6.07, 6.45) is -1.96. The lowest BCUT2D eigenvalue weighted by molar-refractivity contribution is -0.137. The smallest absolute Gasteiger partial charge is 0.355 e. The molecule has 0 aliphatic carbocycles. The zero-order chi connectivity index (χ0) is 19.0. The number of benzene rings is 1. The summed E-state index contributed by atoms with van der Waals surface area (Å²) in [5, 5.41) is 6.35. The molecule has 1 fully saturated rings. The summed E-state index contributed by atoms with van der Waals surface area (Å²) in [5.41, 5.74) is -0.346. The SMILES string of the molecule is CCN1CCCC1CNC(=NC)NCC#Cc1cccc(C(F)(F)F)c1. The molecule has 1 aliphatic rings. The van der Waals surface area contributed by atoms with Crippen molar-refractivity contribution in [3.8, 4) is 11.8 Å². The fourth-order valence-corrected chi connectivity index (χ4v) is 3.03. The fourth-order valence-electron chi connectivity index (χ4n) is 3.03. The Labute approximate surface area is 152 Å². The van der Waals surface area contributed by atoms with Crippen LogP contribution in [0.5, 0.6) is 0 Å². The summed E-state index contributed by atoms with van der Waals surface area (Å²) < 4.78 is 38.1. The minimum Gasteiger partial charge on any atom is -0.355 e. The number of hydrogen-bond donors (Lipinski definition) is 2. The summed E-state index contributed by atoms with van der Waals surface area (Å²) in [6.45, 7) is 5.46. The van der Waals surface area contributed by atoms with Gasteiger partial charge < -0.3 is 10.6 Å². The second-order valence-electron chi connectivity index (χ2n) is 6.11. The summed E-state index contributed by atoms with van der Waals surface area (Å²) in [5.74, 6) is 6.22. The van der Waals surface area contributed by atoms with Gasteiger partial charge in [0.05, 0.1) is 12.1 Å². The van der Waals surface area contributed by atoms with Crippen molar-refractivity contribution >= 4 is 5.96 Å². The number of alkyl halides is 3. The van der Waals surface area contributed by atoms with Crippen molar-refractivity contribution in [2.75, 3.05) is 33.2 Å². The Morgan fingerprint density at radius 1 is 1.35 bits per heavy atom. The number of nitrogens with one attached hydrogen (secondary N) is 2. The highest BCUT2D eigenvalue weighted by Gasteiger charge is 2.30. The lowest BCUT2D eigenvalue weighted by atomic mass is 10.1.